The van der Waals surface area contributed by atoms with Crippen LogP contribution in [0.25, 0.3) is 17.1 Å². The van der Waals surface area contributed by atoms with Gasteiger partial charge in [-0.25, -0.2) is 18.4 Å². The highest BCUT2D eigenvalue weighted by atomic mass is 35.5. The molecule has 0 amide bonds. The van der Waals surface area contributed by atoms with Crippen molar-refractivity contribution in [2.24, 2.45) is 0 Å². The van der Waals surface area contributed by atoms with Gasteiger partial charge in [-0.1, -0.05) is 17.7 Å². The van der Waals surface area contributed by atoms with Crippen LogP contribution in [0.5, 0.6) is 0 Å². The third-order valence-corrected chi connectivity index (χ3v) is 3.06. The van der Waals surface area contributed by atoms with Crippen molar-refractivity contribution in [3.8, 4) is 17.1 Å². The van der Waals surface area contributed by atoms with Crippen molar-refractivity contribution in [2.75, 3.05) is 0 Å². The third-order valence-electron chi connectivity index (χ3n) is 2.79. The Morgan fingerprint density at radius 1 is 1.19 bits per heavy atom. The van der Waals surface area contributed by atoms with Crippen LogP contribution in [0.1, 0.15) is 0 Å². The Bertz CT molecular complexity index is 841. The van der Waals surface area contributed by atoms with Crippen LogP contribution in [-0.2, 0) is 0 Å². The lowest BCUT2D eigenvalue weighted by Crippen LogP contribution is -2.19. The van der Waals surface area contributed by atoms with Gasteiger partial charge in [-0.15, -0.1) is 0 Å². The van der Waals surface area contributed by atoms with Crippen LogP contribution in [0.4, 0.5) is 8.78 Å². The Balaban J connectivity index is 2.23. The number of nitrogens with zero attached hydrogens (tertiary/aromatic N) is 3. The molecule has 2 aromatic heterocycles. The molecule has 0 aliphatic heterocycles. The Labute approximate surface area is 121 Å². The Morgan fingerprint density at radius 3 is 2.52 bits per heavy atom. The average Bonchev–Trinajstić information content (AvgIpc) is 2.96. The maximum Gasteiger partial charge on any atom is 0.293 e. The fraction of sp³-hybridized carbons (Fsp3) is 0. The number of benzene rings is 1. The summed E-state index contributed by atoms with van der Waals surface area (Å²) in [5.74, 6) is -1.78. The van der Waals surface area contributed by atoms with Crippen molar-refractivity contribution in [2.45, 2.75) is 0 Å². The Hall–Kier alpha value is -2.54. The van der Waals surface area contributed by atoms with E-state index >= 15 is 0 Å². The lowest BCUT2D eigenvalue weighted by atomic mass is 10.1. The van der Waals surface area contributed by atoms with Gasteiger partial charge in [0.1, 0.15) is 11.6 Å². The van der Waals surface area contributed by atoms with Crippen molar-refractivity contribution in [1.82, 2.24) is 19.7 Å². The predicted octanol–water partition coefficient (Wildman–Crippen LogP) is 2.55. The SMILES string of the molecule is O=c1[nH]c(-c2c(F)cccc2F)c(Cl)nc1-n1cccn1. The van der Waals surface area contributed by atoms with Crippen molar-refractivity contribution < 1.29 is 8.78 Å². The lowest BCUT2D eigenvalue weighted by Gasteiger charge is -2.08. The molecule has 106 valence electrons. The van der Waals surface area contributed by atoms with Crippen molar-refractivity contribution in [1.29, 1.82) is 0 Å². The van der Waals surface area contributed by atoms with Crippen LogP contribution in [0.15, 0.2) is 41.5 Å². The summed E-state index contributed by atoms with van der Waals surface area (Å²) in [6, 6.07) is 4.94. The van der Waals surface area contributed by atoms with E-state index in [4.69, 9.17) is 11.6 Å². The van der Waals surface area contributed by atoms with E-state index in [0.29, 0.717) is 0 Å². The average molecular weight is 309 g/mol. The molecular weight excluding hydrogens is 302 g/mol. The number of hydrogen-bond acceptors (Lipinski definition) is 3. The van der Waals surface area contributed by atoms with E-state index in [1.54, 1.807) is 6.07 Å². The van der Waals surface area contributed by atoms with E-state index < -0.39 is 22.8 Å². The van der Waals surface area contributed by atoms with Gasteiger partial charge in [-0.3, -0.25) is 4.79 Å². The summed E-state index contributed by atoms with van der Waals surface area (Å²) < 4.78 is 28.7. The van der Waals surface area contributed by atoms with Gasteiger partial charge in [0, 0.05) is 12.4 Å². The van der Waals surface area contributed by atoms with E-state index in [-0.39, 0.29) is 16.7 Å². The first kappa shape index (κ1) is 13.4. The minimum Gasteiger partial charge on any atom is -0.316 e. The largest absolute Gasteiger partial charge is 0.316 e. The van der Waals surface area contributed by atoms with E-state index in [2.05, 4.69) is 15.1 Å². The molecule has 0 fully saturated rings. The maximum atomic E-state index is 13.8. The van der Waals surface area contributed by atoms with Gasteiger partial charge in [-0.05, 0) is 18.2 Å². The van der Waals surface area contributed by atoms with Gasteiger partial charge in [0.15, 0.2) is 5.15 Å². The molecule has 1 aromatic carbocycles. The summed E-state index contributed by atoms with van der Waals surface area (Å²) in [5.41, 5.74) is -1.31. The van der Waals surface area contributed by atoms with Gasteiger partial charge >= 0.3 is 0 Å². The Morgan fingerprint density at radius 2 is 1.90 bits per heavy atom. The molecule has 0 spiro atoms. The van der Waals surface area contributed by atoms with Gasteiger partial charge < -0.3 is 4.98 Å². The quantitative estimate of drug-likeness (QED) is 0.791. The summed E-state index contributed by atoms with van der Waals surface area (Å²) in [7, 11) is 0. The fourth-order valence-corrected chi connectivity index (χ4v) is 2.09. The highest BCUT2D eigenvalue weighted by molar-refractivity contribution is 6.31. The predicted molar refractivity (Wildman–Crippen MR) is 72.3 cm³/mol. The first-order valence-electron chi connectivity index (χ1n) is 5.82. The Kier molecular flexibility index (Phi) is 3.26. The van der Waals surface area contributed by atoms with Crippen molar-refractivity contribution >= 4 is 11.6 Å². The van der Waals surface area contributed by atoms with Crippen LogP contribution in [0.2, 0.25) is 5.15 Å². The monoisotopic (exact) mass is 308 g/mol. The highest BCUT2D eigenvalue weighted by Crippen LogP contribution is 2.28. The number of rotatable bonds is 2. The number of halogens is 3. The van der Waals surface area contributed by atoms with Gasteiger partial charge in [-0.2, -0.15) is 5.10 Å². The smallest absolute Gasteiger partial charge is 0.293 e. The van der Waals surface area contributed by atoms with Crippen LogP contribution in [0, 0.1) is 11.6 Å². The second-order valence-corrected chi connectivity index (χ2v) is 4.46. The van der Waals surface area contributed by atoms with Gasteiger partial charge in [0.05, 0.1) is 11.3 Å². The van der Waals surface area contributed by atoms with Gasteiger partial charge in [0.25, 0.3) is 5.56 Å². The minimum atomic E-state index is -0.846. The van der Waals surface area contributed by atoms with Crippen LogP contribution < -0.4 is 5.56 Å². The first-order chi connectivity index (χ1) is 10.1. The minimum absolute atomic E-state index is 0.0921. The van der Waals surface area contributed by atoms with Gasteiger partial charge in [0.2, 0.25) is 5.82 Å². The number of H-pyrrole nitrogens is 1. The van der Waals surface area contributed by atoms with Crippen LogP contribution in [0.3, 0.4) is 0 Å². The van der Waals surface area contributed by atoms with Crippen molar-refractivity contribution in [3.63, 3.8) is 0 Å². The number of nitrogens with one attached hydrogen (secondary N) is 1. The summed E-state index contributed by atoms with van der Waals surface area (Å²) in [5, 5.41) is 3.62. The topological polar surface area (TPSA) is 63.6 Å². The molecule has 21 heavy (non-hydrogen) atoms. The summed E-state index contributed by atoms with van der Waals surface area (Å²) >= 11 is 5.94. The molecule has 0 aliphatic rings. The molecule has 0 atom stereocenters. The molecule has 0 saturated carbocycles. The lowest BCUT2D eigenvalue weighted by molar-refractivity contribution is 0.588. The molecule has 8 heteroatoms. The number of aromatic nitrogens is 4. The molecule has 0 unspecified atom stereocenters. The molecule has 3 aromatic rings. The first-order valence-corrected chi connectivity index (χ1v) is 6.20. The summed E-state index contributed by atoms with van der Waals surface area (Å²) in [4.78, 5) is 18.2. The standard InChI is InChI=1S/C13H7ClF2N4O/c14-11-10(9-7(15)3-1-4-8(9)16)18-13(21)12(19-11)20-6-2-5-17-20/h1-6H,(H,18,21). The summed E-state index contributed by atoms with van der Waals surface area (Å²) in [6.07, 6.45) is 2.96. The number of aromatic amines is 1. The zero-order valence-electron chi connectivity index (χ0n) is 10.3. The maximum absolute atomic E-state index is 13.8. The number of hydrogen-bond donors (Lipinski definition) is 1. The summed E-state index contributed by atoms with van der Waals surface area (Å²) in [6.45, 7) is 0. The molecule has 1 N–H and O–H groups in total. The zero-order valence-corrected chi connectivity index (χ0v) is 11.1. The van der Waals surface area contributed by atoms with E-state index in [9.17, 15) is 13.6 Å². The van der Waals surface area contributed by atoms with E-state index in [1.165, 1.54) is 23.1 Å². The molecule has 3 rings (SSSR count). The molecule has 5 nitrogen and oxygen atoms in total. The molecular formula is C13H7ClF2N4O. The second-order valence-electron chi connectivity index (χ2n) is 4.10. The molecule has 0 radical (unpaired) electrons. The van der Waals surface area contributed by atoms with Crippen molar-refractivity contribution in [3.05, 3.63) is 63.8 Å². The van der Waals surface area contributed by atoms with Crippen LogP contribution >= 0.6 is 11.6 Å². The van der Waals surface area contributed by atoms with E-state index in [1.807, 2.05) is 0 Å². The second kappa shape index (κ2) is 5.10. The highest BCUT2D eigenvalue weighted by Gasteiger charge is 2.18. The van der Waals surface area contributed by atoms with E-state index in [0.717, 1.165) is 12.1 Å². The molecule has 0 bridgehead atoms. The fourth-order valence-electron chi connectivity index (χ4n) is 1.87. The zero-order chi connectivity index (χ0) is 15.0. The third kappa shape index (κ3) is 2.31. The molecule has 0 aliphatic carbocycles. The normalized spacial score (nSPS) is 10.8. The van der Waals surface area contributed by atoms with Crippen LogP contribution in [-0.4, -0.2) is 19.7 Å². The molecule has 0 saturated heterocycles. The molecule has 2 heterocycles.